The Hall–Kier alpha value is 0.617. The van der Waals surface area contributed by atoms with E-state index in [2.05, 4.69) is 0 Å². The molecule has 0 spiro atoms. The minimum absolute atomic E-state index is 0. The van der Waals surface area contributed by atoms with Gasteiger partial charge in [0.2, 0.25) is 0 Å². The zero-order chi connectivity index (χ0) is 8.20. The van der Waals surface area contributed by atoms with Gasteiger partial charge in [-0.3, -0.25) is 4.21 Å². The normalized spacial score (nSPS) is 12.5. The Bertz CT molecular complexity index is 211. The van der Waals surface area contributed by atoms with Gasteiger partial charge in [0.15, 0.2) is 9.84 Å². The van der Waals surface area contributed by atoms with Crippen LogP contribution in [0.5, 0.6) is 0 Å². The van der Waals surface area contributed by atoms with E-state index in [-0.39, 0.29) is 26.3 Å². The van der Waals surface area contributed by atoms with E-state index < -0.39 is 38.4 Å². The SMILES string of the molecule is O=S([O-])CS(=O)(=O)CCO.[CH3-].[Li+]. The molecule has 0 aromatic carbocycles. The maximum atomic E-state index is 10.5. The predicted octanol–water partition coefficient (Wildman–Crippen LogP) is -4.32. The molecule has 0 fully saturated rings. The molecule has 0 amide bonds. The van der Waals surface area contributed by atoms with E-state index in [1.165, 1.54) is 0 Å². The van der Waals surface area contributed by atoms with Crippen LogP contribution in [0.25, 0.3) is 0 Å². The molecule has 0 bridgehead atoms. The molecule has 0 radical (unpaired) electrons. The number of aliphatic hydroxyl groups is 1. The van der Waals surface area contributed by atoms with Crippen LogP contribution in [-0.4, -0.2) is 39.7 Å². The smallest absolute Gasteiger partial charge is 0.772 e. The summed E-state index contributed by atoms with van der Waals surface area (Å²) in [5.41, 5.74) is 0. The van der Waals surface area contributed by atoms with Gasteiger partial charge in [0.1, 0.15) is 5.08 Å². The second kappa shape index (κ2) is 8.23. The van der Waals surface area contributed by atoms with Gasteiger partial charge < -0.3 is 17.1 Å². The van der Waals surface area contributed by atoms with Gasteiger partial charge in [-0.2, -0.15) is 0 Å². The van der Waals surface area contributed by atoms with Crippen LogP contribution in [-0.2, 0) is 20.9 Å². The fourth-order valence-electron chi connectivity index (χ4n) is 0.345. The number of aliphatic hydroxyl groups excluding tert-OH is 1. The van der Waals surface area contributed by atoms with Crippen molar-refractivity contribution in [2.75, 3.05) is 17.4 Å². The Kier molecular flexibility index (Phi) is 12.6. The van der Waals surface area contributed by atoms with Gasteiger partial charge in [-0.1, -0.05) is 0 Å². The summed E-state index contributed by atoms with van der Waals surface area (Å²) in [7, 11) is -3.59. The zero-order valence-electron chi connectivity index (χ0n) is 7.02. The van der Waals surface area contributed by atoms with Crippen molar-refractivity contribution in [3.63, 3.8) is 0 Å². The molecular formula is C4H10LiO5S2-. The van der Waals surface area contributed by atoms with Gasteiger partial charge in [-0.25, -0.2) is 8.42 Å². The second-order valence-electron chi connectivity index (χ2n) is 1.59. The molecule has 70 valence electrons. The summed E-state index contributed by atoms with van der Waals surface area (Å²) >= 11 is -2.59. The summed E-state index contributed by atoms with van der Waals surface area (Å²) < 4.78 is 40.6. The molecule has 0 heterocycles. The number of sulfone groups is 1. The minimum atomic E-state index is -3.59. The van der Waals surface area contributed by atoms with Crippen LogP contribution in [0.4, 0.5) is 0 Å². The second-order valence-corrected chi connectivity index (χ2v) is 5.04. The summed E-state index contributed by atoms with van der Waals surface area (Å²) in [4.78, 5) is 0. The van der Waals surface area contributed by atoms with Crippen molar-refractivity contribution in [1.29, 1.82) is 0 Å². The number of rotatable bonds is 4. The monoisotopic (exact) mass is 209 g/mol. The molecule has 0 rings (SSSR count). The van der Waals surface area contributed by atoms with Crippen LogP contribution in [0.3, 0.4) is 0 Å². The molecule has 1 atom stereocenters. The molecule has 0 saturated heterocycles. The van der Waals surface area contributed by atoms with E-state index in [1.54, 1.807) is 0 Å². The molecule has 0 aliphatic heterocycles. The van der Waals surface area contributed by atoms with Gasteiger partial charge in [-0.15, -0.1) is 0 Å². The first kappa shape index (κ1) is 18.4. The molecule has 12 heavy (non-hydrogen) atoms. The standard InChI is InChI=1S/C3H8O5S2.CH3.Li/c4-1-2-10(7,8)3-9(5)6;;/h4H,1-3H2,(H,5,6);1H3;/q;-1;+1/p-1. The Morgan fingerprint density at radius 2 is 1.83 bits per heavy atom. The molecule has 0 saturated carbocycles. The van der Waals surface area contributed by atoms with Crippen molar-refractivity contribution >= 4 is 20.9 Å². The molecule has 0 aromatic heterocycles. The van der Waals surface area contributed by atoms with E-state index in [0.717, 1.165) is 0 Å². The van der Waals surface area contributed by atoms with Crippen LogP contribution in [0.2, 0.25) is 0 Å². The van der Waals surface area contributed by atoms with Crippen molar-refractivity contribution in [3.05, 3.63) is 7.43 Å². The van der Waals surface area contributed by atoms with Crippen molar-refractivity contribution in [3.8, 4) is 0 Å². The van der Waals surface area contributed by atoms with Crippen LogP contribution >= 0.6 is 0 Å². The molecule has 8 heteroatoms. The van der Waals surface area contributed by atoms with Crippen molar-refractivity contribution < 1.29 is 41.1 Å². The van der Waals surface area contributed by atoms with E-state index in [4.69, 9.17) is 5.11 Å². The van der Waals surface area contributed by atoms with Gasteiger partial charge in [0.05, 0.1) is 12.4 Å². The van der Waals surface area contributed by atoms with Crippen LogP contribution in [0, 0.1) is 7.43 Å². The summed E-state index contributed by atoms with van der Waals surface area (Å²) in [6, 6.07) is 0. The van der Waals surface area contributed by atoms with Crippen LogP contribution < -0.4 is 18.9 Å². The Morgan fingerprint density at radius 3 is 2.08 bits per heavy atom. The first-order chi connectivity index (χ1) is 4.48. The van der Waals surface area contributed by atoms with Crippen LogP contribution in [0.1, 0.15) is 0 Å². The average Bonchev–Trinajstić information content (AvgIpc) is 1.59. The largest absolute Gasteiger partial charge is 1.00 e. The van der Waals surface area contributed by atoms with Crippen molar-refractivity contribution in [1.82, 2.24) is 0 Å². The Labute approximate surface area is 86.9 Å². The molecule has 1 N–H and O–H groups in total. The van der Waals surface area contributed by atoms with E-state index in [0.29, 0.717) is 0 Å². The van der Waals surface area contributed by atoms with Crippen molar-refractivity contribution in [2.45, 2.75) is 0 Å². The third-order valence-corrected chi connectivity index (χ3v) is 3.69. The predicted molar refractivity (Wildman–Crippen MR) is 41.1 cm³/mol. The molecule has 0 aromatic rings. The first-order valence-corrected chi connectivity index (χ1v) is 5.41. The summed E-state index contributed by atoms with van der Waals surface area (Å²) in [5.74, 6) is -0.499. The van der Waals surface area contributed by atoms with Crippen LogP contribution in [0.15, 0.2) is 0 Å². The van der Waals surface area contributed by atoms with Gasteiger partial charge in [0.25, 0.3) is 0 Å². The maximum Gasteiger partial charge on any atom is 1.00 e. The fraction of sp³-hybridized carbons (Fsp3) is 0.750. The van der Waals surface area contributed by atoms with E-state index in [1.807, 2.05) is 0 Å². The van der Waals surface area contributed by atoms with Crippen molar-refractivity contribution in [2.24, 2.45) is 0 Å². The first-order valence-electron chi connectivity index (χ1n) is 2.35. The average molecular weight is 209 g/mol. The summed E-state index contributed by atoms with van der Waals surface area (Å²) in [6.45, 7) is -0.542. The van der Waals surface area contributed by atoms with Gasteiger partial charge in [0, 0.05) is 0 Å². The number of hydrogen-bond donors (Lipinski definition) is 1. The summed E-state index contributed by atoms with van der Waals surface area (Å²) in [5, 5.41) is 7.23. The molecular weight excluding hydrogens is 199 g/mol. The van der Waals surface area contributed by atoms with Gasteiger partial charge >= 0.3 is 18.9 Å². The van der Waals surface area contributed by atoms with Gasteiger partial charge in [-0.05, 0) is 11.1 Å². The molecule has 1 unspecified atom stereocenters. The quantitative estimate of drug-likeness (QED) is 0.287. The molecule has 0 aliphatic carbocycles. The fourth-order valence-corrected chi connectivity index (χ4v) is 2.27. The van der Waals surface area contributed by atoms with E-state index >= 15 is 0 Å². The summed E-state index contributed by atoms with van der Waals surface area (Å²) in [6.07, 6.45) is 0. The Morgan fingerprint density at radius 1 is 1.42 bits per heavy atom. The topological polar surface area (TPSA) is 94.5 Å². The zero-order valence-corrected chi connectivity index (χ0v) is 8.65. The maximum absolute atomic E-state index is 10.5. The minimum Gasteiger partial charge on any atom is -0.772 e. The molecule has 0 aliphatic rings. The third kappa shape index (κ3) is 10.6. The third-order valence-electron chi connectivity index (χ3n) is 0.678. The number of hydrogen-bond acceptors (Lipinski definition) is 5. The van der Waals surface area contributed by atoms with E-state index in [9.17, 15) is 17.2 Å². The Balaban J connectivity index is -0.000000405. The molecule has 5 nitrogen and oxygen atoms in total.